The first kappa shape index (κ1) is 15.2. The van der Waals surface area contributed by atoms with E-state index in [2.05, 4.69) is 25.7 Å². The van der Waals surface area contributed by atoms with Crippen molar-refractivity contribution in [2.75, 3.05) is 13.1 Å². The second-order valence-corrected chi connectivity index (χ2v) is 6.61. The Bertz CT molecular complexity index is 455. The SMILES string of the molecule is CCC1(C)CCN(C(C)C(=O)c2ccc(C)cc2)CC1. The molecule has 1 aromatic rings. The van der Waals surface area contributed by atoms with Gasteiger partial charge in [0.2, 0.25) is 0 Å². The number of hydrogen-bond acceptors (Lipinski definition) is 2. The van der Waals surface area contributed by atoms with Crippen LogP contribution in [0.5, 0.6) is 0 Å². The molecule has 0 aliphatic carbocycles. The van der Waals surface area contributed by atoms with Gasteiger partial charge in [-0.25, -0.2) is 0 Å². The molecule has 1 aliphatic heterocycles. The topological polar surface area (TPSA) is 20.3 Å². The van der Waals surface area contributed by atoms with Gasteiger partial charge in [0.05, 0.1) is 6.04 Å². The Hall–Kier alpha value is -1.15. The van der Waals surface area contributed by atoms with Crippen LogP contribution in [0.15, 0.2) is 24.3 Å². The summed E-state index contributed by atoms with van der Waals surface area (Å²) in [5.74, 6) is 0.255. The summed E-state index contributed by atoms with van der Waals surface area (Å²) >= 11 is 0. The van der Waals surface area contributed by atoms with Gasteiger partial charge >= 0.3 is 0 Å². The largest absolute Gasteiger partial charge is 0.293 e. The van der Waals surface area contributed by atoms with Crippen LogP contribution >= 0.6 is 0 Å². The average molecular weight is 273 g/mol. The van der Waals surface area contributed by atoms with Crippen LogP contribution in [0.1, 0.15) is 56.0 Å². The lowest BCUT2D eigenvalue weighted by molar-refractivity contribution is 0.0642. The molecule has 0 bridgehead atoms. The van der Waals surface area contributed by atoms with Gasteiger partial charge in [0.25, 0.3) is 0 Å². The highest BCUT2D eigenvalue weighted by Crippen LogP contribution is 2.34. The van der Waals surface area contributed by atoms with E-state index in [1.807, 2.05) is 31.2 Å². The van der Waals surface area contributed by atoms with E-state index in [-0.39, 0.29) is 11.8 Å². The number of aryl methyl sites for hydroxylation is 1. The molecule has 1 unspecified atom stereocenters. The van der Waals surface area contributed by atoms with Crippen LogP contribution in [-0.4, -0.2) is 29.8 Å². The summed E-state index contributed by atoms with van der Waals surface area (Å²) in [4.78, 5) is 14.9. The molecule has 0 amide bonds. The van der Waals surface area contributed by atoms with E-state index < -0.39 is 0 Å². The first-order chi connectivity index (χ1) is 9.45. The van der Waals surface area contributed by atoms with E-state index in [9.17, 15) is 4.79 Å². The van der Waals surface area contributed by atoms with Crippen molar-refractivity contribution in [3.63, 3.8) is 0 Å². The van der Waals surface area contributed by atoms with Crippen LogP contribution in [0, 0.1) is 12.3 Å². The highest BCUT2D eigenvalue weighted by atomic mass is 16.1. The van der Waals surface area contributed by atoms with Gasteiger partial charge in [0.1, 0.15) is 0 Å². The monoisotopic (exact) mass is 273 g/mol. The third-order valence-electron chi connectivity index (χ3n) is 5.12. The van der Waals surface area contributed by atoms with Crippen LogP contribution < -0.4 is 0 Å². The first-order valence-electron chi connectivity index (χ1n) is 7.80. The third-order valence-corrected chi connectivity index (χ3v) is 5.12. The lowest BCUT2D eigenvalue weighted by Gasteiger charge is -2.41. The Kier molecular flexibility index (Phi) is 4.64. The third kappa shape index (κ3) is 3.29. The van der Waals surface area contributed by atoms with Gasteiger partial charge in [-0.2, -0.15) is 0 Å². The van der Waals surface area contributed by atoms with Gasteiger partial charge in [-0.15, -0.1) is 0 Å². The second-order valence-electron chi connectivity index (χ2n) is 6.61. The maximum absolute atomic E-state index is 12.5. The maximum Gasteiger partial charge on any atom is 0.179 e. The summed E-state index contributed by atoms with van der Waals surface area (Å²) in [6.45, 7) is 10.8. The minimum Gasteiger partial charge on any atom is -0.293 e. The second kappa shape index (κ2) is 6.09. The van der Waals surface area contributed by atoms with Crippen molar-refractivity contribution < 1.29 is 4.79 Å². The molecular formula is C18H27NO. The van der Waals surface area contributed by atoms with Crippen molar-refractivity contribution in [3.8, 4) is 0 Å². The van der Waals surface area contributed by atoms with Gasteiger partial charge < -0.3 is 0 Å². The number of nitrogens with zero attached hydrogens (tertiary/aromatic N) is 1. The number of rotatable bonds is 4. The van der Waals surface area contributed by atoms with Crippen molar-refractivity contribution in [1.29, 1.82) is 0 Å². The molecule has 2 rings (SSSR count). The summed E-state index contributed by atoms with van der Waals surface area (Å²) in [5.41, 5.74) is 2.51. The molecule has 1 saturated heterocycles. The van der Waals surface area contributed by atoms with E-state index in [0.29, 0.717) is 5.41 Å². The van der Waals surface area contributed by atoms with Crippen molar-refractivity contribution >= 4 is 5.78 Å². The molecule has 2 nitrogen and oxygen atoms in total. The quantitative estimate of drug-likeness (QED) is 0.770. The zero-order valence-electron chi connectivity index (χ0n) is 13.3. The van der Waals surface area contributed by atoms with E-state index in [0.717, 1.165) is 18.7 Å². The highest BCUT2D eigenvalue weighted by molar-refractivity contribution is 5.99. The summed E-state index contributed by atoms with van der Waals surface area (Å²) in [5, 5.41) is 0. The normalized spacial score (nSPS) is 20.6. The molecule has 0 N–H and O–H groups in total. The molecule has 1 heterocycles. The van der Waals surface area contributed by atoms with Crippen LogP contribution in [0.2, 0.25) is 0 Å². The number of Topliss-reactive ketones (excluding diaryl/α,β-unsaturated/α-hetero) is 1. The predicted molar refractivity (Wildman–Crippen MR) is 84.2 cm³/mol. The Morgan fingerprint density at radius 2 is 1.80 bits per heavy atom. The molecule has 0 saturated carbocycles. The van der Waals surface area contributed by atoms with E-state index in [1.165, 1.54) is 24.8 Å². The summed E-state index contributed by atoms with van der Waals surface area (Å²) in [6.07, 6.45) is 3.64. The molecule has 1 atom stereocenters. The molecule has 20 heavy (non-hydrogen) atoms. The Morgan fingerprint density at radius 1 is 1.25 bits per heavy atom. The fraction of sp³-hybridized carbons (Fsp3) is 0.611. The maximum atomic E-state index is 12.5. The number of carbonyl (C=O) groups excluding carboxylic acids is 1. The van der Waals surface area contributed by atoms with Crippen molar-refractivity contribution in [1.82, 2.24) is 4.90 Å². The molecule has 1 aromatic carbocycles. The minimum atomic E-state index is -0.000822. The molecule has 0 spiro atoms. The number of ketones is 1. The predicted octanol–water partition coefficient (Wildman–Crippen LogP) is 4.08. The van der Waals surface area contributed by atoms with Gasteiger partial charge in [-0.3, -0.25) is 9.69 Å². The van der Waals surface area contributed by atoms with Crippen molar-refractivity contribution in [2.45, 2.75) is 53.0 Å². The number of piperidine rings is 1. The van der Waals surface area contributed by atoms with Crippen LogP contribution in [0.25, 0.3) is 0 Å². The zero-order chi connectivity index (χ0) is 14.8. The van der Waals surface area contributed by atoms with Gasteiger partial charge in [0, 0.05) is 5.56 Å². The Labute approximate surface area is 123 Å². The molecule has 110 valence electrons. The number of hydrogen-bond donors (Lipinski definition) is 0. The van der Waals surface area contributed by atoms with E-state index in [1.54, 1.807) is 0 Å². The lowest BCUT2D eigenvalue weighted by atomic mass is 9.78. The number of benzene rings is 1. The fourth-order valence-electron chi connectivity index (χ4n) is 2.93. The number of likely N-dealkylation sites (tertiary alicyclic amines) is 1. The summed E-state index contributed by atoms with van der Waals surface area (Å²) in [7, 11) is 0. The van der Waals surface area contributed by atoms with E-state index >= 15 is 0 Å². The molecule has 2 heteroatoms. The molecule has 0 aromatic heterocycles. The smallest absolute Gasteiger partial charge is 0.179 e. The average Bonchev–Trinajstić information content (AvgIpc) is 2.47. The van der Waals surface area contributed by atoms with E-state index in [4.69, 9.17) is 0 Å². The standard InChI is InChI=1S/C18H27NO/c1-5-18(4)10-12-19(13-11-18)15(3)17(20)16-8-6-14(2)7-9-16/h6-9,15H,5,10-13H2,1-4H3. The molecular weight excluding hydrogens is 246 g/mol. The Morgan fingerprint density at radius 3 is 2.30 bits per heavy atom. The summed E-state index contributed by atoms with van der Waals surface area (Å²) < 4.78 is 0. The number of carbonyl (C=O) groups is 1. The van der Waals surface area contributed by atoms with Crippen LogP contribution in [0.4, 0.5) is 0 Å². The van der Waals surface area contributed by atoms with Gasteiger partial charge in [0.15, 0.2) is 5.78 Å². The van der Waals surface area contributed by atoms with Crippen LogP contribution in [-0.2, 0) is 0 Å². The zero-order valence-corrected chi connectivity index (χ0v) is 13.3. The minimum absolute atomic E-state index is 0.000822. The highest BCUT2D eigenvalue weighted by Gasteiger charge is 2.32. The summed E-state index contributed by atoms with van der Waals surface area (Å²) in [6, 6.07) is 7.94. The molecule has 0 radical (unpaired) electrons. The fourth-order valence-corrected chi connectivity index (χ4v) is 2.93. The van der Waals surface area contributed by atoms with Gasteiger partial charge in [-0.05, 0) is 45.2 Å². The van der Waals surface area contributed by atoms with Crippen molar-refractivity contribution in [2.24, 2.45) is 5.41 Å². The van der Waals surface area contributed by atoms with Crippen molar-refractivity contribution in [3.05, 3.63) is 35.4 Å². The molecule has 1 aliphatic rings. The Balaban J connectivity index is 2.00. The first-order valence-corrected chi connectivity index (χ1v) is 7.80. The molecule has 1 fully saturated rings. The van der Waals surface area contributed by atoms with Gasteiger partial charge in [-0.1, -0.05) is 50.1 Å². The lowest BCUT2D eigenvalue weighted by Crippen LogP contribution is -2.46. The van der Waals surface area contributed by atoms with Crippen LogP contribution in [0.3, 0.4) is 0 Å².